The van der Waals surface area contributed by atoms with Crippen molar-refractivity contribution in [1.82, 2.24) is 10.2 Å². The molecule has 0 bridgehead atoms. The molecule has 2 heterocycles. The number of carbonyl (C=O) groups is 1. The van der Waals surface area contributed by atoms with E-state index >= 15 is 0 Å². The molecular formula is C12H18N2O3S. The molecular weight excluding hydrogens is 252 g/mol. The second-order valence-electron chi connectivity index (χ2n) is 5.39. The van der Waals surface area contributed by atoms with Gasteiger partial charge in [-0.1, -0.05) is 0 Å². The molecule has 0 radical (unpaired) electrons. The molecule has 3 rings (SSSR count). The van der Waals surface area contributed by atoms with Crippen LogP contribution in [0.3, 0.4) is 0 Å². The summed E-state index contributed by atoms with van der Waals surface area (Å²) in [7, 11) is -3.09. The third-order valence-corrected chi connectivity index (χ3v) is 5.18. The Bertz CT molecular complexity index is 482. The van der Waals surface area contributed by atoms with Crippen molar-refractivity contribution in [3.8, 4) is 0 Å². The van der Waals surface area contributed by atoms with Crippen molar-refractivity contribution < 1.29 is 13.2 Å². The highest BCUT2D eigenvalue weighted by molar-refractivity contribution is 7.94. The highest BCUT2D eigenvalue weighted by Crippen LogP contribution is 2.24. The van der Waals surface area contributed by atoms with Gasteiger partial charge in [-0.3, -0.25) is 4.79 Å². The molecule has 1 aliphatic carbocycles. The Kier molecular flexibility index (Phi) is 2.94. The lowest BCUT2D eigenvalue weighted by atomic mass is 10.0. The van der Waals surface area contributed by atoms with Crippen LogP contribution in [0.4, 0.5) is 0 Å². The molecule has 0 aromatic rings. The zero-order valence-electron chi connectivity index (χ0n) is 10.2. The van der Waals surface area contributed by atoms with Crippen molar-refractivity contribution in [2.45, 2.75) is 43.8 Å². The fraction of sp³-hybridized carbons (Fsp3) is 0.750. The Hall–Kier alpha value is -0.880. The van der Waals surface area contributed by atoms with Gasteiger partial charge in [0.05, 0.1) is 17.8 Å². The number of carbonyl (C=O) groups excluding carboxylic acids is 1. The largest absolute Gasteiger partial charge is 0.334 e. The number of piperidine rings is 1. The zero-order chi connectivity index (χ0) is 12.8. The van der Waals surface area contributed by atoms with E-state index in [1.165, 1.54) is 5.41 Å². The third-order valence-electron chi connectivity index (χ3n) is 3.80. The molecule has 2 unspecified atom stereocenters. The zero-order valence-corrected chi connectivity index (χ0v) is 11.0. The van der Waals surface area contributed by atoms with Gasteiger partial charge >= 0.3 is 0 Å². The number of amides is 1. The van der Waals surface area contributed by atoms with E-state index in [1.54, 1.807) is 11.0 Å². The average Bonchev–Trinajstić information content (AvgIpc) is 3.05. The monoisotopic (exact) mass is 270 g/mol. The Balaban J connectivity index is 1.68. The number of likely N-dealkylation sites (tertiary alicyclic amines) is 1. The van der Waals surface area contributed by atoms with E-state index in [4.69, 9.17) is 0 Å². The van der Waals surface area contributed by atoms with Crippen LogP contribution in [0, 0.1) is 0 Å². The van der Waals surface area contributed by atoms with Gasteiger partial charge in [-0.2, -0.15) is 0 Å². The molecule has 2 aliphatic heterocycles. The molecule has 2 fully saturated rings. The van der Waals surface area contributed by atoms with Crippen LogP contribution < -0.4 is 5.32 Å². The molecule has 18 heavy (non-hydrogen) atoms. The number of nitrogens with one attached hydrogen (secondary N) is 1. The summed E-state index contributed by atoms with van der Waals surface area (Å²) in [5, 5.41) is 4.59. The van der Waals surface area contributed by atoms with Crippen LogP contribution in [-0.4, -0.2) is 49.6 Å². The van der Waals surface area contributed by atoms with Crippen LogP contribution in [0.25, 0.3) is 0 Å². The van der Waals surface area contributed by atoms with Crippen molar-refractivity contribution in [3.63, 3.8) is 0 Å². The number of sulfone groups is 1. The first-order valence-electron chi connectivity index (χ1n) is 6.53. The summed E-state index contributed by atoms with van der Waals surface area (Å²) in [6.45, 7) is 0.673. The molecule has 3 aliphatic rings. The summed E-state index contributed by atoms with van der Waals surface area (Å²) >= 11 is 0. The maximum absolute atomic E-state index is 12.3. The third kappa shape index (κ3) is 2.44. The summed E-state index contributed by atoms with van der Waals surface area (Å²) in [5.74, 6) is 0.120. The van der Waals surface area contributed by atoms with Gasteiger partial charge in [-0.25, -0.2) is 8.42 Å². The first kappa shape index (κ1) is 12.2. The van der Waals surface area contributed by atoms with E-state index < -0.39 is 9.84 Å². The maximum atomic E-state index is 12.3. The van der Waals surface area contributed by atoms with Gasteiger partial charge in [0.25, 0.3) is 0 Å². The number of hydrogen-bond donors (Lipinski definition) is 1. The van der Waals surface area contributed by atoms with Gasteiger partial charge in [-0.05, 0) is 31.8 Å². The normalized spacial score (nSPS) is 35.1. The van der Waals surface area contributed by atoms with Crippen LogP contribution in [0.15, 0.2) is 11.5 Å². The van der Waals surface area contributed by atoms with E-state index in [-0.39, 0.29) is 23.7 Å². The molecule has 2 atom stereocenters. The minimum Gasteiger partial charge on any atom is -0.334 e. The van der Waals surface area contributed by atoms with Crippen molar-refractivity contribution in [1.29, 1.82) is 0 Å². The minimum absolute atomic E-state index is 0.0505. The summed E-state index contributed by atoms with van der Waals surface area (Å²) in [4.78, 5) is 14.0. The van der Waals surface area contributed by atoms with E-state index in [9.17, 15) is 13.2 Å². The van der Waals surface area contributed by atoms with Gasteiger partial charge in [0, 0.05) is 18.0 Å². The van der Waals surface area contributed by atoms with Crippen LogP contribution in [-0.2, 0) is 14.6 Å². The fourth-order valence-corrected chi connectivity index (χ4v) is 3.97. The minimum atomic E-state index is -3.09. The van der Waals surface area contributed by atoms with Gasteiger partial charge in [0.1, 0.15) is 0 Å². The first-order chi connectivity index (χ1) is 8.55. The summed E-state index contributed by atoms with van der Waals surface area (Å²) < 4.78 is 22.8. The molecule has 1 N–H and O–H groups in total. The lowest BCUT2D eigenvalue weighted by molar-refractivity contribution is -0.137. The molecule has 1 amide bonds. The Labute approximate surface area is 107 Å². The molecule has 0 aromatic heterocycles. The molecule has 1 saturated heterocycles. The predicted molar refractivity (Wildman–Crippen MR) is 67.6 cm³/mol. The second kappa shape index (κ2) is 4.35. The average molecular weight is 270 g/mol. The number of hydrogen-bond acceptors (Lipinski definition) is 4. The maximum Gasteiger partial charge on any atom is 0.240 e. The van der Waals surface area contributed by atoms with Crippen LogP contribution in [0.2, 0.25) is 0 Å². The SMILES string of the molecule is O=C1C(NC2CC2)CCCN1C1C=CS(=O)(=O)C1. The number of nitrogens with zero attached hydrogens (tertiary/aromatic N) is 1. The quantitative estimate of drug-likeness (QED) is 0.786. The molecule has 0 aromatic carbocycles. The van der Waals surface area contributed by atoms with Gasteiger partial charge in [-0.15, -0.1) is 0 Å². The molecule has 5 nitrogen and oxygen atoms in total. The van der Waals surface area contributed by atoms with E-state index in [1.807, 2.05) is 0 Å². The van der Waals surface area contributed by atoms with Crippen LogP contribution >= 0.6 is 0 Å². The van der Waals surface area contributed by atoms with Gasteiger partial charge in [0.2, 0.25) is 5.91 Å². The summed E-state index contributed by atoms with van der Waals surface area (Å²) in [6, 6.07) is 0.135. The standard InChI is InChI=1S/C12H18N2O3S/c15-12-11(13-9-3-4-9)2-1-6-14(12)10-5-7-18(16,17)8-10/h5,7,9-11,13H,1-4,6,8H2. The van der Waals surface area contributed by atoms with E-state index in [0.29, 0.717) is 12.6 Å². The van der Waals surface area contributed by atoms with Crippen LogP contribution in [0.5, 0.6) is 0 Å². The predicted octanol–water partition coefficient (Wildman–Crippen LogP) is 0.0401. The molecule has 0 spiro atoms. The highest BCUT2D eigenvalue weighted by atomic mass is 32.2. The molecule has 6 heteroatoms. The Morgan fingerprint density at radius 1 is 1.28 bits per heavy atom. The Morgan fingerprint density at radius 3 is 2.67 bits per heavy atom. The molecule has 1 saturated carbocycles. The molecule has 100 valence electrons. The Morgan fingerprint density at radius 2 is 2.06 bits per heavy atom. The summed E-state index contributed by atoms with van der Waals surface area (Å²) in [5.41, 5.74) is 0. The second-order valence-corrected chi connectivity index (χ2v) is 7.32. The highest BCUT2D eigenvalue weighted by Gasteiger charge is 2.37. The summed E-state index contributed by atoms with van der Waals surface area (Å²) in [6.07, 6.45) is 5.77. The lowest BCUT2D eigenvalue weighted by Crippen LogP contribution is -2.54. The van der Waals surface area contributed by atoms with Gasteiger partial charge in [0.15, 0.2) is 9.84 Å². The smallest absolute Gasteiger partial charge is 0.240 e. The van der Waals surface area contributed by atoms with Gasteiger partial charge < -0.3 is 10.2 Å². The fourth-order valence-electron chi connectivity index (χ4n) is 2.67. The number of rotatable bonds is 3. The topological polar surface area (TPSA) is 66.5 Å². The van der Waals surface area contributed by atoms with E-state index in [2.05, 4.69) is 5.32 Å². The lowest BCUT2D eigenvalue weighted by Gasteiger charge is -2.35. The first-order valence-corrected chi connectivity index (χ1v) is 8.24. The van der Waals surface area contributed by atoms with Crippen molar-refractivity contribution in [3.05, 3.63) is 11.5 Å². The van der Waals surface area contributed by atoms with E-state index in [0.717, 1.165) is 25.7 Å². The van der Waals surface area contributed by atoms with Crippen LogP contribution in [0.1, 0.15) is 25.7 Å². The van der Waals surface area contributed by atoms with Crippen molar-refractivity contribution >= 4 is 15.7 Å². The van der Waals surface area contributed by atoms with Crippen molar-refractivity contribution in [2.75, 3.05) is 12.3 Å². The van der Waals surface area contributed by atoms with Crippen molar-refractivity contribution in [2.24, 2.45) is 0 Å².